The summed E-state index contributed by atoms with van der Waals surface area (Å²) < 4.78 is 1.17. The maximum Gasteiger partial charge on any atom is 0.0282 e. The van der Waals surface area contributed by atoms with Crippen LogP contribution in [0, 0.1) is 12.8 Å². The fourth-order valence-corrected chi connectivity index (χ4v) is 1.39. The van der Waals surface area contributed by atoms with Gasteiger partial charge in [-0.3, -0.25) is 0 Å². The van der Waals surface area contributed by atoms with Gasteiger partial charge in [-0.05, 0) is 27.4 Å². The molecular weight excluding hydrogens is 184 g/mol. The number of halogens is 1. The van der Waals surface area contributed by atoms with Gasteiger partial charge in [0.15, 0.2) is 0 Å². The van der Waals surface area contributed by atoms with Crippen molar-refractivity contribution in [3.05, 3.63) is 21.3 Å². The highest BCUT2D eigenvalue weighted by atomic mass is 79.9. The van der Waals surface area contributed by atoms with Crippen LogP contribution < -0.4 is 0 Å². The van der Waals surface area contributed by atoms with Crippen LogP contribution in [0.3, 0.4) is 0 Å². The Morgan fingerprint density at radius 3 is 2.25 bits per heavy atom. The monoisotopic (exact) mass is 188 g/mol. The second-order valence-electron chi connectivity index (χ2n) is 0.942. The minimum Gasteiger partial charge on any atom is -0.151 e. The fourth-order valence-electron chi connectivity index (χ4n) is 0.248. The van der Waals surface area contributed by atoms with Crippen LogP contribution in [0.15, 0.2) is 21.3 Å². The van der Waals surface area contributed by atoms with E-state index in [9.17, 15) is 0 Å². The summed E-state index contributed by atoms with van der Waals surface area (Å²) in [6.45, 7) is 0. The average molecular weight is 189 g/mol. The molecule has 0 fully saturated rings. The van der Waals surface area contributed by atoms with Crippen molar-refractivity contribution in [1.29, 1.82) is 0 Å². The van der Waals surface area contributed by atoms with Crippen LogP contribution >= 0.6 is 27.3 Å². The molecule has 0 aliphatic heterocycles. The maximum absolute atomic E-state index is 4.00. The van der Waals surface area contributed by atoms with Gasteiger partial charge >= 0.3 is 0 Å². The van der Waals surface area contributed by atoms with E-state index in [1.54, 1.807) is 11.3 Å². The Morgan fingerprint density at radius 2 is 2.12 bits per heavy atom. The largest absolute Gasteiger partial charge is 0.151 e. The van der Waals surface area contributed by atoms with Gasteiger partial charge in [-0.1, -0.05) is 0 Å². The maximum atomic E-state index is 4.00. The lowest BCUT2D eigenvalue weighted by Gasteiger charge is -1.62. The smallest absolute Gasteiger partial charge is 0.0282 e. The fraction of sp³-hybridized carbons (Fsp3) is 0. The molecule has 1 heterocycles. The van der Waals surface area contributed by atoms with Gasteiger partial charge in [-0.2, -0.15) is 11.3 Å². The molecule has 0 N–H and O–H groups in total. The van der Waals surface area contributed by atoms with Crippen LogP contribution in [0.25, 0.3) is 0 Å². The van der Waals surface area contributed by atoms with Crippen molar-refractivity contribution in [1.82, 2.24) is 0 Å². The van der Waals surface area contributed by atoms with E-state index in [2.05, 4.69) is 28.8 Å². The zero-order chi connectivity index (χ0) is 6.41. The van der Waals surface area contributed by atoms with E-state index in [4.69, 9.17) is 0 Å². The summed E-state index contributed by atoms with van der Waals surface area (Å²) >= 11 is 4.98. The molecule has 0 spiro atoms. The zero-order valence-electron chi connectivity index (χ0n) is 4.17. The number of thiophene rings is 1. The second kappa shape index (κ2) is 4.89. The summed E-state index contributed by atoms with van der Waals surface area (Å²) in [7, 11) is 0. The molecule has 0 unspecified atom stereocenters. The first-order valence-corrected chi connectivity index (χ1v) is 3.64. The third-order valence-electron chi connectivity index (χ3n) is 0.486. The number of hydrogen-bond acceptors (Lipinski definition) is 1. The Labute approximate surface area is 61.7 Å². The molecule has 0 bridgehead atoms. The predicted molar refractivity (Wildman–Crippen MR) is 41.9 cm³/mol. The minimum atomic E-state index is 1.17. The van der Waals surface area contributed by atoms with E-state index >= 15 is 0 Å². The first-order valence-electron chi connectivity index (χ1n) is 1.90. The number of hydrogen-bond donors (Lipinski definition) is 0. The lowest BCUT2D eigenvalue weighted by molar-refractivity contribution is 1.90. The quantitative estimate of drug-likeness (QED) is 0.550. The zero-order valence-corrected chi connectivity index (χ0v) is 6.58. The molecule has 0 aliphatic rings. The second-order valence-corrected chi connectivity index (χ2v) is 2.64. The normalized spacial score (nSPS) is 6.88. The van der Waals surface area contributed by atoms with Gasteiger partial charge in [0.25, 0.3) is 0 Å². The summed E-state index contributed by atoms with van der Waals surface area (Å²) in [4.78, 5) is 0. The molecule has 1 aromatic heterocycles. The molecule has 0 aromatic carbocycles. The third-order valence-corrected chi connectivity index (χ3v) is 1.97. The molecule has 42 valence electrons. The molecule has 0 aliphatic carbocycles. The van der Waals surface area contributed by atoms with Crippen LogP contribution in [-0.4, -0.2) is 0 Å². The first kappa shape index (κ1) is 7.74. The lowest BCUT2D eigenvalue weighted by atomic mass is 10.7. The Morgan fingerprint density at radius 1 is 1.50 bits per heavy atom. The van der Waals surface area contributed by atoms with Gasteiger partial charge in [0.2, 0.25) is 0 Å². The third kappa shape index (κ3) is 2.84. The van der Waals surface area contributed by atoms with Crippen molar-refractivity contribution in [2.24, 2.45) is 0 Å². The molecule has 0 saturated heterocycles. The van der Waals surface area contributed by atoms with Crippen molar-refractivity contribution in [2.45, 2.75) is 0 Å². The molecule has 0 nitrogen and oxygen atoms in total. The predicted octanol–water partition coefficient (Wildman–Crippen LogP) is 2.76. The summed E-state index contributed by atoms with van der Waals surface area (Å²) in [5.74, 6) is 0. The van der Waals surface area contributed by atoms with Crippen LogP contribution in [0.5, 0.6) is 0 Å². The summed E-state index contributed by atoms with van der Waals surface area (Å²) in [6, 6.07) is 2.02. The van der Waals surface area contributed by atoms with Crippen LogP contribution in [0.1, 0.15) is 0 Å². The standard InChI is InChI=1S/C4H3BrS.C2H2/c5-4-1-2-6-3-4;1-2/h1-3H;1-2H. The van der Waals surface area contributed by atoms with Gasteiger partial charge in [-0.15, -0.1) is 12.8 Å². The molecule has 1 rings (SSSR count). The van der Waals surface area contributed by atoms with Crippen molar-refractivity contribution in [2.75, 3.05) is 0 Å². The topological polar surface area (TPSA) is 0 Å². The molecular formula is C6H5BrS. The Hall–Kier alpha value is -0.260. The van der Waals surface area contributed by atoms with Crippen molar-refractivity contribution < 1.29 is 0 Å². The molecule has 0 atom stereocenters. The summed E-state index contributed by atoms with van der Waals surface area (Å²) in [6.07, 6.45) is 8.00. The average Bonchev–Trinajstić information content (AvgIpc) is 2.24. The Balaban J connectivity index is 0.000000222. The molecule has 8 heavy (non-hydrogen) atoms. The van der Waals surface area contributed by atoms with Crippen molar-refractivity contribution >= 4 is 27.3 Å². The van der Waals surface area contributed by atoms with Gasteiger partial charge in [0.1, 0.15) is 0 Å². The lowest BCUT2D eigenvalue weighted by Crippen LogP contribution is -1.34. The highest BCUT2D eigenvalue weighted by Gasteiger charge is 1.77. The molecule has 1 aromatic rings. The van der Waals surface area contributed by atoms with E-state index in [1.165, 1.54) is 4.47 Å². The molecule has 0 saturated carbocycles. The van der Waals surface area contributed by atoms with E-state index in [-0.39, 0.29) is 0 Å². The van der Waals surface area contributed by atoms with Crippen molar-refractivity contribution in [3.63, 3.8) is 0 Å². The van der Waals surface area contributed by atoms with E-state index in [0.29, 0.717) is 0 Å². The summed E-state index contributed by atoms with van der Waals surface area (Å²) in [5, 5.41) is 4.07. The van der Waals surface area contributed by atoms with E-state index in [1.807, 2.05) is 16.8 Å². The van der Waals surface area contributed by atoms with Gasteiger partial charge in [0, 0.05) is 9.85 Å². The van der Waals surface area contributed by atoms with E-state index in [0.717, 1.165) is 0 Å². The Kier molecular flexibility index (Phi) is 4.73. The van der Waals surface area contributed by atoms with Crippen molar-refractivity contribution in [3.8, 4) is 12.8 Å². The minimum absolute atomic E-state index is 1.17. The summed E-state index contributed by atoms with van der Waals surface area (Å²) in [5.41, 5.74) is 0. The highest BCUT2D eigenvalue weighted by Crippen LogP contribution is 2.11. The van der Waals surface area contributed by atoms with Gasteiger partial charge in [-0.25, -0.2) is 0 Å². The van der Waals surface area contributed by atoms with Gasteiger partial charge in [0.05, 0.1) is 0 Å². The molecule has 0 radical (unpaired) electrons. The highest BCUT2D eigenvalue weighted by molar-refractivity contribution is 9.10. The number of terminal acetylenes is 1. The Bertz CT molecular complexity index is 141. The number of rotatable bonds is 0. The first-order chi connectivity index (χ1) is 3.89. The SMILES string of the molecule is Brc1ccsc1.C#C. The van der Waals surface area contributed by atoms with Gasteiger partial charge < -0.3 is 0 Å². The molecule has 2 heteroatoms. The van der Waals surface area contributed by atoms with E-state index < -0.39 is 0 Å². The molecule has 0 amide bonds. The van der Waals surface area contributed by atoms with Crippen LogP contribution in [0.4, 0.5) is 0 Å². The van der Waals surface area contributed by atoms with Crippen LogP contribution in [0.2, 0.25) is 0 Å². The van der Waals surface area contributed by atoms with Crippen LogP contribution in [-0.2, 0) is 0 Å².